The molecular formula is C15H17N5. The Morgan fingerprint density at radius 2 is 2.20 bits per heavy atom. The van der Waals surface area contributed by atoms with Crippen molar-refractivity contribution in [3.05, 3.63) is 42.4 Å². The van der Waals surface area contributed by atoms with Crippen molar-refractivity contribution in [2.24, 2.45) is 10.7 Å². The Hall–Kier alpha value is -2.27. The van der Waals surface area contributed by atoms with E-state index in [0.717, 1.165) is 41.8 Å². The van der Waals surface area contributed by atoms with E-state index in [4.69, 9.17) is 5.73 Å². The van der Waals surface area contributed by atoms with Crippen LogP contribution in [0.15, 0.2) is 41.7 Å². The predicted molar refractivity (Wildman–Crippen MR) is 81.5 cm³/mol. The molecule has 1 aliphatic heterocycles. The van der Waals surface area contributed by atoms with Gasteiger partial charge in [0, 0.05) is 24.5 Å². The lowest BCUT2D eigenvalue weighted by Crippen LogP contribution is -2.11. The highest BCUT2D eigenvalue weighted by atomic mass is 15.0. The van der Waals surface area contributed by atoms with Crippen molar-refractivity contribution in [3.63, 3.8) is 0 Å². The van der Waals surface area contributed by atoms with E-state index in [2.05, 4.69) is 20.3 Å². The molecule has 2 heterocycles. The number of nitrogens with two attached hydrogens (primary N) is 1. The number of nitrogens with one attached hydrogen (secondary N) is 1. The van der Waals surface area contributed by atoms with Gasteiger partial charge in [-0.1, -0.05) is 12.1 Å². The van der Waals surface area contributed by atoms with Gasteiger partial charge in [0.1, 0.15) is 0 Å². The maximum Gasteiger partial charge on any atom is 0.0922 e. The van der Waals surface area contributed by atoms with Gasteiger partial charge < -0.3 is 11.1 Å². The number of rotatable bonds is 3. The van der Waals surface area contributed by atoms with E-state index in [-0.39, 0.29) is 0 Å². The quantitative estimate of drug-likeness (QED) is 0.823. The van der Waals surface area contributed by atoms with Gasteiger partial charge in [-0.05, 0) is 25.1 Å². The molecule has 3 rings (SSSR count). The molecule has 0 bridgehead atoms. The van der Waals surface area contributed by atoms with Gasteiger partial charge in [-0.15, -0.1) is 0 Å². The maximum absolute atomic E-state index is 5.70. The van der Waals surface area contributed by atoms with Gasteiger partial charge >= 0.3 is 0 Å². The zero-order valence-electron chi connectivity index (χ0n) is 11.2. The van der Waals surface area contributed by atoms with Crippen molar-refractivity contribution in [2.75, 3.05) is 13.1 Å². The van der Waals surface area contributed by atoms with Gasteiger partial charge in [0.15, 0.2) is 0 Å². The van der Waals surface area contributed by atoms with Crippen LogP contribution in [0.5, 0.6) is 0 Å². The van der Waals surface area contributed by atoms with Gasteiger partial charge in [0.25, 0.3) is 0 Å². The zero-order chi connectivity index (χ0) is 13.8. The summed E-state index contributed by atoms with van der Waals surface area (Å²) in [4.78, 5) is 13.5. The summed E-state index contributed by atoms with van der Waals surface area (Å²) in [6.07, 6.45) is 6.14. The van der Waals surface area contributed by atoms with Crippen molar-refractivity contribution in [1.82, 2.24) is 15.3 Å². The average molecular weight is 267 g/mol. The monoisotopic (exact) mass is 267 g/mol. The minimum atomic E-state index is 0.332. The highest BCUT2D eigenvalue weighted by molar-refractivity contribution is 6.09. The first-order chi connectivity index (χ1) is 9.86. The minimum Gasteiger partial charge on any atom is -0.404 e. The molecule has 102 valence electrons. The molecule has 5 nitrogen and oxygen atoms in total. The SMILES string of the molecule is NC=C(C=NC1CCNC1)c1cnc2ccccc2n1. The molecule has 1 atom stereocenters. The third kappa shape index (κ3) is 2.67. The first-order valence-corrected chi connectivity index (χ1v) is 6.75. The minimum absolute atomic E-state index is 0.332. The fourth-order valence-corrected chi connectivity index (χ4v) is 2.24. The molecule has 1 fully saturated rings. The molecule has 2 aromatic rings. The van der Waals surface area contributed by atoms with Crippen LogP contribution in [0.1, 0.15) is 12.1 Å². The molecule has 1 aromatic carbocycles. The van der Waals surface area contributed by atoms with Crippen molar-refractivity contribution >= 4 is 22.8 Å². The van der Waals surface area contributed by atoms with Gasteiger partial charge in [0.2, 0.25) is 0 Å². The van der Waals surface area contributed by atoms with Crippen LogP contribution < -0.4 is 11.1 Å². The van der Waals surface area contributed by atoms with Crippen LogP contribution in [-0.2, 0) is 0 Å². The Morgan fingerprint density at radius 3 is 2.95 bits per heavy atom. The third-order valence-corrected chi connectivity index (χ3v) is 3.38. The Bertz CT molecular complexity index is 656. The van der Waals surface area contributed by atoms with Crippen LogP contribution in [0.4, 0.5) is 0 Å². The molecule has 1 aliphatic rings. The van der Waals surface area contributed by atoms with Gasteiger partial charge in [0.05, 0.1) is 29.0 Å². The largest absolute Gasteiger partial charge is 0.404 e. The van der Waals surface area contributed by atoms with Gasteiger partial charge in [-0.25, -0.2) is 4.98 Å². The standard InChI is InChI=1S/C15H17N5/c16-7-11(8-18-12-5-6-17-9-12)15-10-19-13-3-1-2-4-14(13)20-15/h1-4,7-8,10,12,17H,5-6,9,16H2. The van der Waals surface area contributed by atoms with Crippen molar-refractivity contribution < 1.29 is 0 Å². The Balaban J connectivity index is 1.87. The molecular weight excluding hydrogens is 250 g/mol. The van der Waals surface area contributed by atoms with E-state index < -0.39 is 0 Å². The Kier molecular flexibility index (Phi) is 3.69. The summed E-state index contributed by atoms with van der Waals surface area (Å²) in [5.41, 5.74) is 8.99. The van der Waals surface area contributed by atoms with Crippen LogP contribution in [0.3, 0.4) is 0 Å². The zero-order valence-corrected chi connectivity index (χ0v) is 11.2. The highest BCUT2D eigenvalue weighted by Crippen LogP contribution is 2.14. The number of para-hydroxylation sites is 2. The molecule has 1 aromatic heterocycles. The maximum atomic E-state index is 5.70. The molecule has 0 aliphatic carbocycles. The van der Waals surface area contributed by atoms with E-state index in [0.29, 0.717) is 6.04 Å². The van der Waals surface area contributed by atoms with Crippen molar-refractivity contribution in [1.29, 1.82) is 0 Å². The van der Waals surface area contributed by atoms with Crippen LogP contribution in [-0.4, -0.2) is 35.3 Å². The number of hydrogen-bond donors (Lipinski definition) is 2. The fourth-order valence-electron chi connectivity index (χ4n) is 2.24. The lowest BCUT2D eigenvalue weighted by atomic mass is 10.2. The molecule has 5 heteroatoms. The number of fused-ring (bicyclic) bond motifs is 1. The number of aliphatic imine (C=N–C) groups is 1. The molecule has 0 radical (unpaired) electrons. The second-order valence-corrected chi connectivity index (χ2v) is 4.79. The van der Waals surface area contributed by atoms with E-state index in [9.17, 15) is 0 Å². The molecule has 0 spiro atoms. The summed E-state index contributed by atoms with van der Waals surface area (Å²) in [5.74, 6) is 0. The molecule has 0 amide bonds. The number of allylic oxidation sites excluding steroid dienone is 1. The lowest BCUT2D eigenvalue weighted by Gasteiger charge is -2.04. The first-order valence-electron chi connectivity index (χ1n) is 6.75. The third-order valence-electron chi connectivity index (χ3n) is 3.38. The number of hydrogen-bond acceptors (Lipinski definition) is 5. The summed E-state index contributed by atoms with van der Waals surface area (Å²) in [5, 5.41) is 3.29. The highest BCUT2D eigenvalue weighted by Gasteiger charge is 2.12. The summed E-state index contributed by atoms with van der Waals surface area (Å²) in [6.45, 7) is 1.96. The second-order valence-electron chi connectivity index (χ2n) is 4.79. The average Bonchev–Trinajstić information content (AvgIpc) is 3.01. The van der Waals surface area contributed by atoms with Gasteiger partial charge in [-0.2, -0.15) is 0 Å². The van der Waals surface area contributed by atoms with Crippen LogP contribution >= 0.6 is 0 Å². The van der Waals surface area contributed by atoms with Crippen LogP contribution in [0.25, 0.3) is 16.6 Å². The lowest BCUT2D eigenvalue weighted by molar-refractivity contribution is 0.748. The van der Waals surface area contributed by atoms with E-state index in [1.807, 2.05) is 24.3 Å². The van der Waals surface area contributed by atoms with Crippen LogP contribution in [0.2, 0.25) is 0 Å². The van der Waals surface area contributed by atoms with Crippen LogP contribution in [0, 0.1) is 0 Å². The fraction of sp³-hybridized carbons (Fsp3) is 0.267. The van der Waals surface area contributed by atoms with E-state index >= 15 is 0 Å². The number of benzene rings is 1. The van der Waals surface area contributed by atoms with Crippen molar-refractivity contribution in [3.8, 4) is 0 Å². The normalized spacial score (nSPS) is 20.0. The summed E-state index contributed by atoms with van der Waals surface area (Å²) >= 11 is 0. The molecule has 20 heavy (non-hydrogen) atoms. The topological polar surface area (TPSA) is 76.2 Å². The molecule has 3 N–H and O–H groups in total. The smallest absolute Gasteiger partial charge is 0.0922 e. The summed E-state index contributed by atoms with van der Waals surface area (Å²) in [6, 6.07) is 8.11. The molecule has 1 unspecified atom stereocenters. The summed E-state index contributed by atoms with van der Waals surface area (Å²) < 4.78 is 0. The first kappa shape index (κ1) is 12.7. The second kappa shape index (κ2) is 5.79. The Labute approximate surface area is 117 Å². The van der Waals surface area contributed by atoms with E-state index in [1.54, 1.807) is 12.4 Å². The van der Waals surface area contributed by atoms with Crippen molar-refractivity contribution in [2.45, 2.75) is 12.5 Å². The Morgan fingerprint density at radius 1 is 1.35 bits per heavy atom. The van der Waals surface area contributed by atoms with E-state index in [1.165, 1.54) is 6.20 Å². The van der Waals surface area contributed by atoms with Gasteiger partial charge in [-0.3, -0.25) is 9.98 Å². The number of nitrogens with zero attached hydrogens (tertiary/aromatic N) is 3. The molecule has 0 saturated carbocycles. The predicted octanol–water partition coefficient (Wildman–Crippen LogP) is 1.36. The number of aromatic nitrogens is 2. The summed E-state index contributed by atoms with van der Waals surface area (Å²) in [7, 11) is 0. The molecule has 1 saturated heterocycles.